The number of nitrogens with zero attached hydrogens (tertiary/aromatic N) is 5. The van der Waals surface area contributed by atoms with Gasteiger partial charge in [0.05, 0.1) is 15.9 Å². The standard InChI is InChI=1S/C18H21N5O5S/c1-5-23-15-8-6-12(29(26,27)21(2)3)10-14(15)19-16(23)11-28-18(25)13-7-9-17(24)22(4)20-13/h6-10H,5,11H2,1-4H3. The maximum absolute atomic E-state index is 12.4. The van der Waals surface area contributed by atoms with Gasteiger partial charge in [-0.25, -0.2) is 27.2 Å². The van der Waals surface area contributed by atoms with Crippen LogP contribution in [0.1, 0.15) is 23.2 Å². The maximum atomic E-state index is 12.4. The van der Waals surface area contributed by atoms with Crippen molar-refractivity contribution in [1.29, 1.82) is 0 Å². The molecule has 11 heteroatoms. The number of aromatic nitrogens is 4. The zero-order valence-electron chi connectivity index (χ0n) is 16.5. The van der Waals surface area contributed by atoms with Gasteiger partial charge in [0.2, 0.25) is 10.0 Å². The fourth-order valence-electron chi connectivity index (χ4n) is 2.81. The first kappa shape index (κ1) is 20.7. The predicted octanol–water partition coefficient (Wildman–Crippen LogP) is 0.757. The Hall–Kier alpha value is -3.05. The Labute approximate surface area is 167 Å². The number of sulfonamides is 1. The monoisotopic (exact) mass is 419 g/mol. The average molecular weight is 419 g/mol. The van der Waals surface area contributed by atoms with Gasteiger partial charge in [0, 0.05) is 33.8 Å². The second kappa shape index (κ2) is 7.76. The lowest BCUT2D eigenvalue weighted by Crippen LogP contribution is -2.22. The molecule has 0 fully saturated rings. The van der Waals surface area contributed by atoms with E-state index < -0.39 is 16.0 Å². The lowest BCUT2D eigenvalue weighted by molar-refractivity contribution is 0.0449. The van der Waals surface area contributed by atoms with Gasteiger partial charge in [-0.2, -0.15) is 5.10 Å². The zero-order chi connectivity index (χ0) is 21.3. The second-order valence-corrected chi connectivity index (χ2v) is 8.62. The Balaban J connectivity index is 1.90. The highest BCUT2D eigenvalue weighted by Crippen LogP contribution is 2.22. The molecular formula is C18H21N5O5S. The van der Waals surface area contributed by atoms with Crippen molar-refractivity contribution in [2.24, 2.45) is 7.05 Å². The minimum absolute atomic E-state index is 0.00521. The van der Waals surface area contributed by atoms with Gasteiger partial charge >= 0.3 is 5.97 Å². The summed E-state index contributed by atoms with van der Waals surface area (Å²) in [6, 6.07) is 7.23. The minimum Gasteiger partial charge on any atom is -0.453 e. The maximum Gasteiger partial charge on any atom is 0.359 e. The summed E-state index contributed by atoms with van der Waals surface area (Å²) >= 11 is 0. The van der Waals surface area contributed by atoms with Crippen molar-refractivity contribution in [2.45, 2.75) is 25.0 Å². The number of rotatable bonds is 6. The zero-order valence-corrected chi connectivity index (χ0v) is 17.3. The lowest BCUT2D eigenvalue weighted by atomic mass is 10.3. The van der Waals surface area contributed by atoms with Gasteiger partial charge in [-0.05, 0) is 31.2 Å². The van der Waals surface area contributed by atoms with Gasteiger partial charge in [0.15, 0.2) is 5.69 Å². The highest BCUT2D eigenvalue weighted by molar-refractivity contribution is 7.89. The molecule has 0 saturated heterocycles. The summed E-state index contributed by atoms with van der Waals surface area (Å²) in [5.41, 5.74) is 0.890. The molecule has 2 aromatic heterocycles. The average Bonchev–Trinajstić information content (AvgIpc) is 3.04. The Bertz CT molecular complexity index is 1240. The third-order valence-electron chi connectivity index (χ3n) is 4.40. The molecule has 0 bridgehead atoms. The van der Waals surface area contributed by atoms with Crippen LogP contribution in [0.2, 0.25) is 0 Å². The summed E-state index contributed by atoms with van der Waals surface area (Å²) in [6.45, 7) is 2.34. The van der Waals surface area contributed by atoms with E-state index in [1.165, 1.54) is 45.4 Å². The number of carbonyl (C=O) groups is 1. The molecule has 0 N–H and O–H groups in total. The Kier molecular flexibility index (Phi) is 5.53. The van der Waals surface area contributed by atoms with E-state index in [4.69, 9.17) is 4.74 Å². The SMILES string of the molecule is CCn1c(COC(=O)c2ccc(=O)n(C)n2)nc2cc(S(=O)(=O)N(C)C)ccc21. The van der Waals surface area contributed by atoms with E-state index in [1.54, 1.807) is 6.07 Å². The van der Waals surface area contributed by atoms with Crippen LogP contribution in [0.4, 0.5) is 0 Å². The van der Waals surface area contributed by atoms with Crippen LogP contribution in [0.15, 0.2) is 40.0 Å². The number of hydrogen-bond acceptors (Lipinski definition) is 7. The van der Waals surface area contributed by atoms with E-state index in [0.29, 0.717) is 17.9 Å². The van der Waals surface area contributed by atoms with E-state index in [0.717, 1.165) is 14.5 Å². The van der Waals surface area contributed by atoms with Crippen LogP contribution >= 0.6 is 0 Å². The molecule has 2 heterocycles. The fraction of sp³-hybridized carbons (Fsp3) is 0.333. The number of ether oxygens (including phenoxy) is 1. The van der Waals surface area contributed by atoms with Gasteiger partial charge in [-0.3, -0.25) is 4.79 Å². The summed E-state index contributed by atoms with van der Waals surface area (Å²) in [7, 11) is 0.776. The number of hydrogen-bond donors (Lipinski definition) is 0. The number of esters is 1. The van der Waals surface area contributed by atoms with Crippen LogP contribution in [0.5, 0.6) is 0 Å². The van der Waals surface area contributed by atoms with E-state index in [9.17, 15) is 18.0 Å². The van der Waals surface area contributed by atoms with Crippen LogP contribution in [0.3, 0.4) is 0 Å². The molecular weight excluding hydrogens is 398 g/mol. The predicted molar refractivity (Wildman–Crippen MR) is 105 cm³/mol. The molecule has 3 aromatic rings. The van der Waals surface area contributed by atoms with Crippen molar-refractivity contribution in [1.82, 2.24) is 23.6 Å². The lowest BCUT2D eigenvalue weighted by Gasteiger charge is -2.11. The van der Waals surface area contributed by atoms with Gasteiger partial charge in [-0.1, -0.05) is 0 Å². The largest absolute Gasteiger partial charge is 0.453 e. The molecule has 154 valence electrons. The number of benzene rings is 1. The van der Waals surface area contributed by atoms with Crippen molar-refractivity contribution in [3.63, 3.8) is 0 Å². The molecule has 0 aliphatic heterocycles. The molecule has 0 unspecified atom stereocenters. The van der Waals surface area contributed by atoms with Gasteiger partial charge < -0.3 is 9.30 Å². The molecule has 3 rings (SSSR count). The van der Waals surface area contributed by atoms with Crippen molar-refractivity contribution in [3.8, 4) is 0 Å². The number of imidazole rings is 1. The third-order valence-corrected chi connectivity index (χ3v) is 6.21. The van der Waals surface area contributed by atoms with E-state index in [2.05, 4.69) is 10.1 Å². The molecule has 0 aliphatic rings. The first-order chi connectivity index (χ1) is 13.6. The number of carbonyl (C=O) groups excluding carboxylic acids is 1. The molecule has 0 amide bonds. The van der Waals surface area contributed by atoms with E-state index in [-0.39, 0.29) is 22.8 Å². The van der Waals surface area contributed by atoms with Gasteiger partial charge in [0.25, 0.3) is 5.56 Å². The molecule has 0 atom stereocenters. The summed E-state index contributed by atoms with van der Waals surface area (Å²) in [4.78, 5) is 28.2. The fourth-order valence-corrected chi connectivity index (χ4v) is 3.73. The summed E-state index contributed by atoms with van der Waals surface area (Å²) < 4.78 is 34.0. The normalized spacial score (nSPS) is 11.9. The number of aryl methyl sites for hydroxylation is 2. The molecule has 10 nitrogen and oxygen atoms in total. The van der Waals surface area contributed by atoms with Crippen LogP contribution in [0.25, 0.3) is 11.0 Å². The Morgan fingerprint density at radius 2 is 1.93 bits per heavy atom. The van der Waals surface area contributed by atoms with Gasteiger partial charge in [0.1, 0.15) is 12.4 Å². The molecule has 0 aliphatic carbocycles. The smallest absolute Gasteiger partial charge is 0.359 e. The molecule has 0 saturated carbocycles. The van der Waals surface area contributed by atoms with Crippen molar-refractivity contribution < 1.29 is 17.9 Å². The van der Waals surface area contributed by atoms with Crippen LogP contribution in [-0.2, 0) is 35.0 Å². The molecule has 0 radical (unpaired) electrons. The van der Waals surface area contributed by atoms with Crippen molar-refractivity contribution in [2.75, 3.05) is 14.1 Å². The van der Waals surface area contributed by atoms with Crippen molar-refractivity contribution in [3.05, 3.63) is 52.2 Å². The third kappa shape index (κ3) is 3.91. The summed E-state index contributed by atoms with van der Waals surface area (Å²) in [5.74, 6) is -0.216. The first-order valence-electron chi connectivity index (χ1n) is 8.78. The topological polar surface area (TPSA) is 116 Å². The van der Waals surface area contributed by atoms with E-state index in [1.807, 2.05) is 11.5 Å². The number of fused-ring (bicyclic) bond motifs is 1. The summed E-state index contributed by atoms with van der Waals surface area (Å²) in [5, 5.41) is 3.86. The van der Waals surface area contributed by atoms with Gasteiger partial charge in [-0.15, -0.1) is 0 Å². The first-order valence-corrected chi connectivity index (χ1v) is 10.2. The van der Waals surface area contributed by atoms with E-state index >= 15 is 0 Å². The highest BCUT2D eigenvalue weighted by Gasteiger charge is 2.20. The van der Waals surface area contributed by atoms with Crippen LogP contribution < -0.4 is 5.56 Å². The second-order valence-electron chi connectivity index (χ2n) is 6.47. The van der Waals surface area contributed by atoms with Crippen molar-refractivity contribution >= 4 is 27.0 Å². The molecule has 29 heavy (non-hydrogen) atoms. The molecule has 0 spiro atoms. The Morgan fingerprint density at radius 3 is 2.55 bits per heavy atom. The minimum atomic E-state index is -3.59. The molecule has 1 aromatic carbocycles. The highest BCUT2D eigenvalue weighted by atomic mass is 32.2. The van der Waals surface area contributed by atoms with Crippen LogP contribution in [0, 0.1) is 0 Å². The Morgan fingerprint density at radius 1 is 1.21 bits per heavy atom. The summed E-state index contributed by atoms with van der Waals surface area (Å²) in [6.07, 6.45) is 0. The quantitative estimate of drug-likeness (QED) is 0.542. The van der Waals surface area contributed by atoms with Crippen LogP contribution in [-0.4, -0.2) is 52.1 Å².